The van der Waals surface area contributed by atoms with E-state index < -0.39 is 0 Å². The molecule has 1 aromatic heterocycles. The molecule has 1 N–H and O–H groups in total. The van der Waals surface area contributed by atoms with E-state index in [9.17, 15) is 4.79 Å². The molecule has 0 aliphatic carbocycles. The van der Waals surface area contributed by atoms with Crippen LogP contribution in [0.4, 0.5) is 10.6 Å². The predicted octanol–water partition coefficient (Wildman–Crippen LogP) is 1.36. The molecule has 1 amide bonds. The lowest BCUT2D eigenvalue weighted by Gasteiger charge is -2.23. The van der Waals surface area contributed by atoms with Crippen molar-refractivity contribution in [2.45, 2.75) is 32.3 Å². The molecule has 6 nitrogen and oxygen atoms in total. The highest BCUT2D eigenvalue weighted by atomic mass is 16.6. The van der Waals surface area contributed by atoms with E-state index >= 15 is 0 Å². The average Bonchev–Trinajstić information content (AvgIpc) is 2.79. The molecule has 0 spiro atoms. The van der Waals surface area contributed by atoms with Gasteiger partial charge in [-0.15, -0.1) is 0 Å². The largest absolute Gasteiger partial charge is 0.444 e. The number of nitrogens with zero attached hydrogens (tertiary/aromatic N) is 3. The summed E-state index contributed by atoms with van der Waals surface area (Å²) in [5.41, 5.74) is 0.908. The van der Waals surface area contributed by atoms with Crippen LogP contribution < -0.4 is 10.2 Å². The minimum Gasteiger partial charge on any atom is -0.444 e. The highest BCUT2D eigenvalue weighted by Gasteiger charge is 2.32. The van der Waals surface area contributed by atoms with Gasteiger partial charge in [0.05, 0.1) is 12.2 Å². The van der Waals surface area contributed by atoms with Gasteiger partial charge in [0.25, 0.3) is 0 Å². The molecule has 6 heteroatoms. The zero-order chi connectivity index (χ0) is 13.9. The van der Waals surface area contributed by atoms with Crippen molar-refractivity contribution in [3.05, 3.63) is 18.1 Å². The Kier molecular flexibility index (Phi) is 3.82. The Labute approximate surface area is 118 Å². The average molecular weight is 276 g/mol. The van der Waals surface area contributed by atoms with Crippen molar-refractivity contribution >= 4 is 11.9 Å². The normalized spacial score (nSPS) is 23.9. The Hall–Kier alpha value is -1.69. The van der Waals surface area contributed by atoms with Crippen LogP contribution in [0.2, 0.25) is 0 Å². The van der Waals surface area contributed by atoms with E-state index in [0.29, 0.717) is 18.3 Å². The number of rotatable bonds is 3. The summed E-state index contributed by atoms with van der Waals surface area (Å²) < 4.78 is 5.18. The van der Waals surface area contributed by atoms with Gasteiger partial charge in [-0.2, -0.15) is 0 Å². The Morgan fingerprint density at radius 2 is 2.10 bits per heavy atom. The zero-order valence-corrected chi connectivity index (χ0v) is 11.7. The van der Waals surface area contributed by atoms with Crippen LogP contribution >= 0.6 is 0 Å². The fraction of sp³-hybridized carbons (Fsp3) is 0.643. The van der Waals surface area contributed by atoms with Gasteiger partial charge in [-0.3, -0.25) is 9.88 Å². The minimum absolute atomic E-state index is 0.0868. The number of carbonyl (C=O) groups is 1. The standard InChI is InChI=1S/C14H20N4O2/c1-10-9-18(14(19)20-10)13-12(16-6-7-17-13)8-11-2-4-15-5-3-11/h6-7,10-11,15H,2-5,8-9H2,1H3/t10-/m1/s1. The number of carbonyl (C=O) groups excluding carboxylic acids is 1. The van der Waals surface area contributed by atoms with E-state index in [4.69, 9.17) is 4.74 Å². The summed E-state index contributed by atoms with van der Waals surface area (Å²) in [4.78, 5) is 22.3. The second-order valence-corrected chi connectivity index (χ2v) is 5.53. The molecule has 108 valence electrons. The quantitative estimate of drug-likeness (QED) is 0.903. The number of piperidine rings is 1. The van der Waals surface area contributed by atoms with Gasteiger partial charge in [-0.05, 0) is 45.2 Å². The summed E-state index contributed by atoms with van der Waals surface area (Å²) in [6.07, 6.45) is 6.11. The highest BCUT2D eigenvalue weighted by Crippen LogP contribution is 2.25. The number of cyclic esters (lactones) is 1. The summed E-state index contributed by atoms with van der Waals surface area (Å²) >= 11 is 0. The predicted molar refractivity (Wildman–Crippen MR) is 74.6 cm³/mol. The van der Waals surface area contributed by atoms with E-state index in [1.165, 1.54) is 0 Å². The number of hydrogen-bond donors (Lipinski definition) is 1. The monoisotopic (exact) mass is 276 g/mol. The summed E-state index contributed by atoms with van der Waals surface area (Å²) in [5.74, 6) is 1.28. The molecule has 3 rings (SSSR count). The van der Waals surface area contributed by atoms with Gasteiger partial charge in [0.2, 0.25) is 0 Å². The molecule has 2 fully saturated rings. The van der Waals surface area contributed by atoms with Crippen LogP contribution in [0.5, 0.6) is 0 Å². The molecule has 0 unspecified atom stereocenters. The van der Waals surface area contributed by atoms with Crippen LogP contribution in [0.3, 0.4) is 0 Å². The molecular weight excluding hydrogens is 256 g/mol. The van der Waals surface area contributed by atoms with Gasteiger partial charge in [0.15, 0.2) is 5.82 Å². The third-order valence-corrected chi connectivity index (χ3v) is 3.91. The molecule has 0 aromatic carbocycles. The first-order valence-electron chi connectivity index (χ1n) is 7.23. The van der Waals surface area contributed by atoms with Gasteiger partial charge >= 0.3 is 6.09 Å². The fourth-order valence-corrected chi connectivity index (χ4v) is 2.87. The molecular formula is C14H20N4O2. The smallest absolute Gasteiger partial charge is 0.415 e. The molecule has 2 saturated heterocycles. The first-order chi connectivity index (χ1) is 9.74. The number of ether oxygens (including phenoxy) is 1. The SMILES string of the molecule is C[C@@H]1CN(c2nccnc2CC2CCNCC2)C(=O)O1. The molecule has 0 saturated carbocycles. The van der Waals surface area contributed by atoms with E-state index in [-0.39, 0.29) is 12.2 Å². The second kappa shape index (κ2) is 5.75. The molecule has 2 aliphatic heterocycles. The lowest BCUT2D eigenvalue weighted by Crippen LogP contribution is -2.30. The Balaban J connectivity index is 1.79. The Bertz CT molecular complexity index is 488. The maximum Gasteiger partial charge on any atom is 0.415 e. The first-order valence-corrected chi connectivity index (χ1v) is 7.23. The van der Waals surface area contributed by atoms with E-state index in [1.54, 1.807) is 17.3 Å². The van der Waals surface area contributed by atoms with Crippen LogP contribution in [0, 0.1) is 5.92 Å². The minimum atomic E-state index is -0.315. The van der Waals surface area contributed by atoms with Crippen molar-refractivity contribution in [2.24, 2.45) is 5.92 Å². The third-order valence-electron chi connectivity index (χ3n) is 3.91. The van der Waals surface area contributed by atoms with Gasteiger partial charge < -0.3 is 10.1 Å². The van der Waals surface area contributed by atoms with Crippen LogP contribution in [0.1, 0.15) is 25.5 Å². The van der Waals surface area contributed by atoms with E-state index in [2.05, 4.69) is 15.3 Å². The summed E-state index contributed by atoms with van der Waals surface area (Å²) in [6.45, 7) is 4.56. The third kappa shape index (κ3) is 2.75. The van der Waals surface area contributed by atoms with Crippen LogP contribution in [-0.2, 0) is 11.2 Å². The maximum atomic E-state index is 11.9. The molecule has 1 aromatic rings. The van der Waals surface area contributed by atoms with Crippen molar-refractivity contribution in [1.29, 1.82) is 0 Å². The molecule has 3 heterocycles. The number of aromatic nitrogens is 2. The maximum absolute atomic E-state index is 11.9. The molecule has 0 radical (unpaired) electrons. The van der Waals surface area contributed by atoms with Gasteiger partial charge in [0.1, 0.15) is 6.10 Å². The summed E-state index contributed by atoms with van der Waals surface area (Å²) in [5, 5.41) is 3.36. The van der Waals surface area contributed by atoms with Crippen LogP contribution in [-0.4, -0.2) is 41.8 Å². The Morgan fingerprint density at radius 3 is 2.80 bits per heavy atom. The van der Waals surface area contributed by atoms with Crippen molar-refractivity contribution in [3.63, 3.8) is 0 Å². The lowest BCUT2D eigenvalue weighted by molar-refractivity contribution is 0.149. The fourth-order valence-electron chi connectivity index (χ4n) is 2.87. The zero-order valence-electron chi connectivity index (χ0n) is 11.7. The van der Waals surface area contributed by atoms with Gasteiger partial charge in [-0.25, -0.2) is 9.78 Å². The number of hydrogen-bond acceptors (Lipinski definition) is 5. The van der Waals surface area contributed by atoms with E-state index in [1.807, 2.05) is 6.92 Å². The first kappa shape index (κ1) is 13.3. The lowest BCUT2D eigenvalue weighted by atomic mass is 9.93. The topological polar surface area (TPSA) is 67.4 Å². The summed E-state index contributed by atoms with van der Waals surface area (Å²) in [7, 11) is 0. The van der Waals surface area contributed by atoms with Crippen molar-refractivity contribution in [2.75, 3.05) is 24.5 Å². The van der Waals surface area contributed by atoms with Gasteiger partial charge in [-0.1, -0.05) is 0 Å². The second-order valence-electron chi connectivity index (χ2n) is 5.53. The number of amides is 1. The van der Waals surface area contributed by atoms with Crippen molar-refractivity contribution in [3.8, 4) is 0 Å². The van der Waals surface area contributed by atoms with Crippen molar-refractivity contribution < 1.29 is 9.53 Å². The van der Waals surface area contributed by atoms with Crippen LogP contribution in [0.15, 0.2) is 12.4 Å². The highest BCUT2D eigenvalue weighted by molar-refractivity contribution is 5.89. The number of anilines is 1. The Morgan fingerprint density at radius 1 is 1.35 bits per heavy atom. The molecule has 20 heavy (non-hydrogen) atoms. The molecule has 0 bridgehead atoms. The van der Waals surface area contributed by atoms with Crippen molar-refractivity contribution in [1.82, 2.24) is 15.3 Å². The number of nitrogens with one attached hydrogen (secondary N) is 1. The summed E-state index contributed by atoms with van der Waals surface area (Å²) in [6, 6.07) is 0. The molecule has 2 aliphatic rings. The molecule has 1 atom stereocenters. The van der Waals surface area contributed by atoms with Crippen LogP contribution in [0.25, 0.3) is 0 Å². The van der Waals surface area contributed by atoms with E-state index in [0.717, 1.165) is 38.0 Å². The van der Waals surface area contributed by atoms with Gasteiger partial charge in [0, 0.05) is 12.4 Å².